The number of H-pyrrole nitrogens is 1. The van der Waals surface area contributed by atoms with Gasteiger partial charge < -0.3 is 25.4 Å². The molecule has 4 rings (SSSR count). The molecule has 1 aliphatic rings. The highest BCUT2D eigenvalue weighted by molar-refractivity contribution is 5.83. The van der Waals surface area contributed by atoms with Crippen LogP contribution in [0.5, 0.6) is 0 Å². The van der Waals surface area contributed by atoms with Crippen LogP contribution in [-0.4, -0.2) is 63.9 Å². The number of fused-ring (bicyclic) bond motifs is 1. The van der Waals surface area contributed by atoms with Gasteiger partial charge in [-0.05, 0) is 36.6 Å². The van der Waals surface area contributed by atoms with Crippen molar-refractivity contribution in [2.75, 3.05) is 26.2 Å². The molecule has 2 aromatic carbocycles. The number of aryl methyl sites for hydroxylation is 1. The van der Waals surface area contributed by atoms with Crippen LogP contribution in [0.15, 0.2) is 60.8 Å². The molecule has 0 bridgehead atoms. The average Bonchev–Trinajstić information content (AvgIpc) is 3.31. The Hall–Kier alpha value is -2.67. The predicted octanol–water partition coefficient (Wildman–Crippen LogP) is 1.87. The van der Waals surface area contributed by atoms with E-state index < -0.39 is 11.7 Å². The van der Waals surface area contributed by atoms with Gasteiger partial charge in [-0.15, -0.1) is 0 Å². The lowest BCUT2D eigenvalue weighted by Crippen LogP contribution is -2.50. The minimum absolute atomic E-state index is 0.0346. The summed E-state index contributed by atoms with van der Waals surface area (Å²) in [5.74, 6) is -0.0346. The summed E-state index contributed by atoms with van der Waals surface area (Å²) < 4.78 is 0. The van der Waals surface area contributed by atoms with Crippen LogP contribution in [0.3, 0.4) is 0 Å². The van der Waals surface area contributed by atoms with Crippen molar-refractivity contribution >= 4 is 16.8 Å². The van der Waals surface area contributed by atoms with E-state index in [-0.39, 0.29) is 25.5 Å². The fourth-order valence-corrected chi connectivity index (χ4v) is 4.16. The summed E-state index contributed by atoms with van der Waals surface area (Å²) in [6.45, 7) is 1.26. The molecule has 1 aliphatic heterocycles. The molecule has 0 radical (unpaired) electrons. The van der Waals surface area contributed by atoms with Crippen LogP contribution in [0.4, 0.5) is 0 Å². The number of aromatic amines is 1. The number of carbonyl (C=O) groups is 1. The zero-order chi connectivity index (χ0) is 21.0. The molecular formula is C24H29N3O3. The molecule has 1 aromatic heterocycles. The van der Waals surface area contributed by atoms with E-state index in [9.17, 15) is 15.0 Å². The zero-order valence-corrected chi connectivity index (χ0v) is 17.1. The van der Waals surface area contributed by atoms with Crippen LogP contribution in [0.1, 0.15) is 17.5 Å². The van der Waals surface area contributed by atoms with E-state index in [4.69, 9.17) is 0 Å². The molecule has 4 N–H and O–H groups in total. The second-order valence-corrected chi connectivity index (χ2v) is 8.17. The number of nitrogens with zero attached hydrogens (tertiary/aromatic N) is 1. The van der Waals surface area contributed by atoms with Gasteiger partial charge in [-0.2, -0.15) is 0 Å². The van der Waals surface area contributed by atoms with E-state index in [0.29, 0.717) is 19.4 Å². The summed E-state index contributed by atoms with van der Waals surface area (Å²) >= 11 is 0. The lowest BCUT2D eigenvalue weighted by atomic mass is 10.0. The van der Waals surface area contributed by atoms with Gasteiger partial charge in [0.2, 0.25) is 5.91 Å². The predicted molar refractivity (Wildman–Crippen MR) is 117 cm³/mol. The van der Waals surface area contributed by atoms with E-state index in [1.807, 2.05) is 54.7 Å². The number of para-hydroxylation sites is 1. The number of carbonyl (C=O) groups excluding carboxylic acids is 1. The third-order valence-corrected chi connectivity index (χ3v) is 5.98. The molecule has 6 nitrogen and oxygen atoms in total. The molecule has 2 atom stereocenters. The number of aromatic nitrogens is 1. The summed E-state index contributed by atoms with van der Waals surface area (Å²) in [6.07, 6.45) is 2.92. The monoisotopic (exact) mass is 407 g/mol. The van der Waals surface area contributed by atoms with Crippen molar-refractivity contribution in [1.29, 1.82) is 0 Å². The highest BCUT2D eigenvalue weighted by Crippen LogP contribution is 2.23. The number of benzene rings is 2. The highest BCUT2D eigenvalue weighted by atomic mass is 16.3. The number of nitrogens with one attached hydrogen (secondary N) is 2. The standard InChI is InChI=1S/C24H29N3O3/c28-22-15-27(23(29)11-10-18-6-2-1-3-7-18)17-24(22,30)16-25-13-12-19-14-26-21-9-5-4-8-20(19)21/h1-9,14,22,25-26,28,30H,10-13,15-17H2/t22-,24+/m1/s1. The van der Waals surface area contributed by atoms with Crippen molar-refractivity contribution in [2.24, 2.45) is 0 Å². The number of rotatable bonds is 8. The Kier molecular flexibility index (Phi) is 6.18. The molecule has 30 heavy (non-hydrogen) atoms. The minimum atomic E-state index is -1.32. The Labute approximate surface area is 176 Å². The first-order chi connectivity index (χ1) is 14.5. The van der Waals surface area contributed by atoms with Gasteiger partial charge in [0.05, 0.1) is 6.54 Å². The summed E-state index contributed by atoms with van der Waals surface area (Å²) in [6, 6.07) is 18.0. The van der Waals surface area contributed by atoms with Crippen LogP contribution < -0.4 is 5.32 Å². The molecule has 1 amide bonds. The van der Waals surface area contributed by atoms with E-state index in [1.54, 1.807) is 4.90 Å². The maximum Gasteiger partial charge on any atom is 0.223 e. The summed E-state index contributed by atoms with van der Waals surface area (Å²) in [4.78, 5) is 17.4. The molecular weight excluding hydrogens is 378 g/mol. The van der Waals surface area contributed by atoms with E-state index in [1.165, 1.54) is 10.9 Å². The van der Waals surface area contributed by atoms with Crippen LogP contribution in [0.2, 0.25) is 0 Å². The lowest BCUT2D eigenvalue weighted by Gasteiger charge is -2.26. The molecule has 1 saturated heterocycles. The van der Waals surface area contributed by atoms with Crippen LogP contribution in [0, 0.1) is 0 Å². The minimum Gasteiger partial charge on any atom is -0.388 e. The quantitative estimate of drug-likeness (QED) is 0.429. The number of aliphatic hydroxyl groups excluding tert-OH is 1. The van der Waals surface area contributed by atoms with Gasteiger partial charge in [0.25, 0.3) is 0 Å². The van der Waals surface area contributed by atoms with Crippen LogP contribution in [0.25, 0.3) is 10.9 Å². The molecule has 3 aromatic rings. The largest absolute Gasteiger partial charge is 0.388 e. The molecule has 0 aliphatic carbocycles. The fraction of sp³-hybridized carbons (Fsp3) is 0.375. The Balaban J connectivity index is 1.25. The van der Waals surface area contributed by atoms with E-state index in [0.717, 1.165) is 17.5 Å². The SMILES string of the molecule is O=C(CCc1ccccc1)N1C[C@@H](O)[C@](O)(CNCCc2c[nH]c3ccccc23)C1. The van der Waals surface area contributed by atoms with Crippen molar-refractivity contribution in [2.45, 2.75) is 31.0 Å². The number of aliphatic hydroxyl groups is 2. The number of likely N-dealkylation sites (tertiary alicyclic amines) is 1. The highest BCUT2D eigenvalue weighted by Gasteiger charge is 2.45. The topological polar surface area (TPSA) is 88.6 Å². The molecule has 0 unspecified atom stereocenters. The van der Waals surface area contributed by atoms with Crippen molar-refractivity contribution in [3.63, 3.8) is 0 Å². The van der Waals surface area contributed by atoms with Crippen LogP contribution >= 0.6 is 0 Å². The molecule has 6 heteroatoms. The third-order valence-electron chi connectivity index (χ3n) is 5.98. The molecule has 158 valence electrons. The van der Waals surface area contributed by atoms with Gasteiger partial charge in [0.1, 0.15) is 11.7 Å². The second-order valence-electron chi connectivity index (χ2n) is 8.17. The van der Waals surface area contributed by atoms with Crippen molar-refractivity contribution in [1.82, 2.24) is 15.2 Å². The summed E-state index contributed by atoms with van der Waals surface area (Å²) in [7, 11) is 0. The van der Waals surface area contributed by atoms with E-state index >= 15 is 0 Å². The first kappa shape index (κ1) is 20.6. The summed E-state index contributed by atoms with van der Waals surface area (Å²) in [5, 5.41) is 25.7. The van der Waals surface area contributed by atoms with Gasteiger partial charge >= 0.3 is 0 Å². The number of hydrogen-bond donors (Lipinski definition) is 4. The van der Waals surface area contributed by atoms with E-state index in [2.05, 4.69) is 16.4 Å². The maximum absolute atomic E-state index is 12.5. The third kappa shape index (κ3) is 4.56. The molecule has 2 heterocycles. The number of amides is 1. The number of β-amino-alcohol motifs (C(OH)–C–C–N with tert-alkyl or cyclic N) is 2. The molecule has 0 spiro atoms. The van der Waals surface area contributed by atoms with Gasteiger partial charge in [0.15, 0.2) is 0 Å². The van der Waals surface area contributed by atoms with Crippen LogP contribution in [-0.2, 0) is 17.6 Å². The fourth-order valence-electron chi connectivity index (χ4n) is 4.16. The maximum atomic E-state index is 12.5. The normalized spacial score (nSPS) is 21.4. The lowest BCUT2D eigenvalue weighted by molar-refractivity contribution is -0.131. The molecule has 0 saturated carbocycles. The smallest absolute Gasteiger partial charge is 0.223 e. The number of hydrogen-bond acceptors (Lipinski definition) is 4. The average molecular weight is 408 g/mol. The van der Waals surface area contributed by atoms with Crippen molar-refractivity contribution < 1.29 is 15.0 Å². The van der Waals surface area contributed by atoms with Gasteiger partial charge in [0, 0.05) is 36.6 Å². The molecule has 1 fully saturated rings. The van der Waals surface area contributed by atoms with Gasteiger partial charge in [-0.25, -0.2) is 0 Å². The zero-order valence-electron chi connectivity index (χ0n) is 17.1. The van der Waals surface area contributed by atoms with Gasteiger partial charge in [-0.3, -0.25) is 4.79 Å². The van der Waals surface area contributed by atoms with Crippen molar-refractivity contribution in [3.8, 4) is 0 Å². The van der Waals surface area contributed by atoms with Crippen molar-refractivity contribution in [3.05, 3.63) is 71.9 Å². The Morgan fingerprint density at radius 1 is 1.13 bits per heavy atom. The Morgan fingerprint density at radius 3 is 2.73 bits per heavy atom. The Bertz CT molecular complexity index is 988. The van der Waals surface area contributed by atoms with Gasteiger partial charge in [-0.1, -0.05) is 48.5 Å². The second kappa shape index (κ2) is 9.00. The first-order valence-corrected chi connectivity index (χ1v) is 10.5. The summed E-state index contributed by atoms with van der Waals surface area (Å²) in [5.41, 5.74) is 2.12. The Morgan fingerprint density at radius 2 is 1.90 bits per heavy atom. The first-order valence-electron chi connectivity index (χ1n) is 10.5.